The van der Waals surface area contributed by atoms with E-state index in [4.69, 9.17) is 0 Å². The van der Waals surface area contributed by atoms with E-state index < -0.39 is 0 Å². The lowest BCUT2D eigenvalue weighted by molar-refractivity contribution is 0.0707. The first-order valence-electron chi connectivity index (χ1n) is 7.99. The summed E-state index contributed by atoms with van der Waals surface area (Å²) in [4.78, 5) is 6.70. The first-order valence-corrected chi connectivity index (χ1v) is 7.99. The number of nitrogens with one attached hydrogen (secondary N) is 1. The van der Waals surface area contributed by atoms with Crippen molar-refractivity contribution < 1.29 is 0 Å². The molecule has 3 heteroatoms. The summed E-state index contributed by atoms with van der Waals surface area (Å²) in [5.41, 5.74) is 1.54. The predicted octanol–water partition coefficient (Wildman–Crippen LogP) is 3.11. The Hall–Kier alpha value is -0.930. The van der Waals surface area contributed by atoms with Crippen LogP contribution in [0, 0.1) is 0 Å². The maximum Gasteiger partial charge on any atom is 0.0334 e. The Kier molecular flexibility index (Phi) is 7.17. The van der Waals surface area contributed by atoms with Gasteiger partial charge < -0.3 is 5.32 Å². The summed E-state index contributed by atoms with van der Waals surface area (Å²) >= 11 is 0. The molecule has 0 bridgehead atoms. The fourth-order valence-electron chi connectivity index (χ4n) is 3.15. The van der Waals surface area contributed by atoms with Gasteiger partial charge in [0, 0.05) is 24.0 Å². The molecule has 1 aromatic rings. The van der Waals surface area contributed by atoms with Crippen LogP contribution in [0.15, 0.2) is 24.5 Å². The van der Waals surface area contributed by atoms with Crippen LogP contribution in [0.4, 0.5) is 0 Å². The molecule has 0 aliphatic carbocycles. The fraction of sp³-hybridized carbons (Fsp3) is 0.706. The van der Waals surface area contributed by atoms with Crippen LogP contribution in [0.2, 0.25) is 0 Å². The molecule has 2 atom stereocenters. The maximum absolute atomic E-state index is 4.12. The summed E-state index contributed by atoms with van der Waals surface area (Å²) in [6.07, 6.45) is 5.98. The first kappa shape index (κ1) is 17.1. The van der Waals surface area contributed by atoms with Crippen LogP contribution in [-0.4, -0.2) is 41.1 Å². The Morgan fingerprint density at radius 2 is 1.75 bits per heavy atom. The van der Waals surface area contributed by atoms with Crippen molar-refractivity contribution in [2.45, 2.75) is 59.0 Å². The molecule has 1 rings (SSSR count). The van der Waals surface area contributed by atoms with Gasteiger partial charge in [0.15, 0.2) is 0 Å². The van der Waals surface area contributed by atoms with Crippen molar-refractivity contribution in [3.63, 3.8) is 0 Å². The van der Waals surface area contributed by atoms with Gasteiger partial charge in [0.25, 0.3) is 0 Å². The van der Waals surface area contributed by atoms with Gasteiger partial charge in [0.05, 0.1) is 0 Å². The molecule has 1 aromatic heterocycles. The zero-order valence-corrected chi connectivity index (χ0v) is 13.8. The molecule has 2 unspecified atom stereocenters. The van der Waals surface area contributed by atoms with Crippen molar-refractivity contribution >= 4 is 0 Å². The summed E-state index contributed by atoms with van der Waals surface area (Å²) < 4.78 is 0. The number of pyridine rings is 1. The van der Waals surface area contributed by atoms with Gasteiger partial charge >= 0.3 is 0 Å². The molecule has 0 radical (unpaired) electrons. The largest absolute Gasteiger partial charge is 0.312 e. The zero-order valence-electron chi connectivity index (χ0n) is 13.8. The van der Waals surface area contributed by atoms with Gasteiger partial charge in [-0.2, -0.15) is 0 Å². The number of hydrogen-bond acceptors (Lipinski definition) is 3. The summed E-state index contributed by atoms with van der Waals surface area (Å²) in [5.74, 6) is 0. The van der Waals surface area contributed by atoms with E-state index in [1.165, 1.54) is 5.56 Å². The maximum atomic E-state index is 4.12. The molecule has 0 aromatic carbocycles. The third-order valence-corrected chi connectivity index (χ3v) is 4.59. The SMILES string of the molecule is CCNC(Cc1ccncc1)C(C)(CC)N(CC)CC. The first-order chi connectivity index (χ1) is 9.62. The zero-order chi connectivity index (χ0) is 15.0. The molecule has 3 nitrogen and oxygen atoms in total. The number of rotatable bonds is 9. The topological polar surface area (TPSA) is 28.2 Å². The highest BCUT2D eigenvalue weighted by Crippen LogP contribution is 2.26. The van der Waals surface area contributed by atoms with Crippen molar-refractivity contribution in [2.24, 2.45) is 0 Å². The fourth-order valence-corrected chi connectivity index (χ4v) is 3.15. The monoisotopic (exact) mass is 277 g/mol. The number of nitrogens with zero attached hydrogens (tertiary/aromatic N) is 2. The Morgan fingerprint density at radius 1 is 1.15 bits per heavy atom. The van der Waals surface area contributed by atoms with Gasteiger partial charge in [-0.3, -0.25) is 9.88 Å². The van der Waals surface area contributed by atoms with E-state index in [1.54, 1.807) is 0 Å². The highest BCUT2D eigenvalue weighted by Gasteiger charge is 2.36. The van der Waals surface area contributed by atoms with E-state index in [0.717, 1.165) is 32.5 Å². The predicted molar refractivity (Wildman–Crippen MR) is 87.0 cm³/mol. The molecule has 0 spiro atoms. The van der Waals surface area contributed by atoms with Crippen LogP contribution >= 0.6 is 0 Å². The second kappa shape index (κ2) is 8.38. The summed E-state index contributed by atoms with van der Waals surface area (Å²) in [5, 5.41) is 3.71. The minimum Gasteiger partial charge on any atom is -0.312 e. The van der Waals surface area contributed by atoms with E-state index in [-0.39, 0.29) is 5.54 Å². The van der Waals surface area contributed by atoms with Crippen molar-refractivity contribution in [3.05, 3.63) is 30.1 Å². The highest BCUT2D eigenvalue weighted by molar-refractivity contribution is 5.14. The van der Waals surface area contributed by atoms with E-state index >= 15 is 0 Å². The second-order valence-corrected chi connectivity index (χ2v) is 5.55. The van der Waals surface area contributed by atoms with E-state index in [0.29, 0.717) is 6.04 Å². The summed E-state index contributed by atoms with van der Waals surface area (Å²) in [7, 11) is 0. The lowest BCUT2D eigenvalue weighted by Gasteiger charge is -2.46. The van der Waals surface area contributed by atoms with Crippen molar-refractivity contribution in [1.82, 2.24) is 15.2 Å². The van der Waals surface area contributed by atoms with Crippen LogP contribution in [0.5, 0.6) is 0 Å². The van der Waals surface area contributed by atoms with Gasteiger partial charge in [-0.25, -0.2) is 0 Å². The van der Waals surface area contributed by atoms with Crippen LogP contribution in [0.3, 0.4) is 0 Å². The average Bonchev–Trinajstić information content (AvgIpc) is 2.48. The quantitative estimate of drug-likeness (QED) is 0.752. The molecule has 114 valence electrons. The lowest BCUT2D eigenvalue weighted by atomic mass is 9.83. The smallest absolute Gasteiger partial charge is 0.0334 e. The Bertz CT molecular complexity index is 362. The normalized spacial score (nSPS) is 16.1. The molecule has 1 heterocycles. The Morgan fingerprint density at radius 3 is 2.20 bits per heavy atom. The molecule has 0 aliphatic heterocycles. The molecule has 0 aliphatic rings. The van der Waals surface area contributed by atoms with Crippen molar-refractivity contribution in [2.75, 3.05) is 19.6 Å². The third-order valence-electron chi connectivity index (χ3n) is 4.59. The van der Waals surface area contributed by atoms with E-state index in [1.807, 2.05) is 12.4 Å². The minimum atomic E-state index is 0.183. The summed E-state index contributed by atoms with van der Waals surface area (Å²) in [6.45, 7) is 14.6. The molecule has 0 saturated carbocycles. The van der Waals surface area contributed by atoms with Gasteiger partial charge in [-0.1, -0.05) is 27.7 Å². The molecule has 20 heavy (non-hydrogen) atoms. The van der Waals surface area contributed by atoms with Crippen molar-refractivity contribution in [3.8, 4) is 0 Å². The van der Waals surface area contributed by atoms with Crippen LogP contribution < -0.4 is 5.32 Å². The summed E-state index contributed by atoms with van der Waals surface area (Å²) in [6, 6.07) is 4.71. The third kappa shape index (κ3) is 4.03. The Balaban J connectivity index is 2.96. The second-order valence-electron chi connectivity index (χ2n) is 5.55. The lowest BCUT2D eigenvalue weighted by Crippen LogP contribution is -2.60. The molecule has 1 N–H and O–H groups in total. The standard InChI is InChI=1S/C17H31N3/c1-6-17(5,20(8-3)9-4)16(19-7-2)14-15-10-12-18-13-11-15/h10-13,16,19H,6-9,14H2,1-5H3. The van der Waals surface area contributed by atoms with Crippen LogP contribution in [-0.2, 0) is 6.42 Å². The Labute approximate surface area is 124 Å². The minimum absolute atomic E-state index is 0.183. The number of likely N-dealkylation sites (N-methyl/N-ethyl adjacent to an activating group) is 2. The van der Waals surface area contributed by atoms with Crippen LogP contribution in [0.25, 0.3) is 0 Å². The molecule has 0 amide bonds. The number of hydrogen-bond donors (Lipinski definition) is 1. The van der Waals surface area contributed by atoms with E-state index in [9.17, 15) is 0 Å². The average molecular weight is 277 g/mol. The van der Waals surface area contributed by atoms with Crippen LogP contribution in [0.1, 0.15) is 46.6 Å². The van der Waals surface area contributed by atoms with Crippen molar-refractivity contribution in [1.29, 1.82) is 0 Å². The molecule has 0 saturated heterocycles. The number of aromatic nitrogens is 1. The molecular weight excluding hydrogens is 246 g/mol. The highest BCUT2D eigenvalue weighted by atomic mass is 15.2. The molecular formula is C17H31N3. The van der Waals surface area contributed by atoms with Gasteiger partial charge in [-0.05, 0) is 57.1 Å². The van der Waals surface area contributed by atoms with Gasteiger partial charge in [0.2, 0.25) is 0 Å². The van der Waals surface area contributed by atoms with Gasteiger partial charge in [-0.15, -0.1) is 0 Å². The molecule has 0 fully saturated rings. The van der Waals surface area contributed by atoms with Gasteiger partial charge in [0.1, 0.15) is 0 Å². The van der Waals surface area contributed by atoms with E-state index in [2.05, 4.69) is 62.0 Å².